The van der Waals surface area contributed by atoms with Crippen LogP contribution in [-0.2, 0) is 7.05 Å². The number of anilines is 1. The van der Waals surface area contributed by atoms with Crippen LogP contribution in [0.5, 0.6) is 0 Å². The van der Waals surface area contributed by atoms with Crippen molar-refractivity contribution in [3.63, 3.8) is 0 Å². The maximum atomic E-state index is 13.5. The van der Waals surface area contributed by atoms with Crippen molar-refractivity contribution in [2.45, 2.75) is 19.9 Å². The summed E-state index contributed by atoms with van der Waals surface area (Å²) in [7, 11) is 1.60. The first kappa shape index (κ1) is 15.8. The molecule has 2 N–H and O–H groups in total. The van der Waals surface area contributed by atoms with Crippen molar-refractivity contribution in [3.05, 3.63) is 63.8 Å². The third-order valence-corrected chi connectivity index (χ3v) is 3.42. The predicted molar refractivity (Wildman–Crippen MR) is 83.4 cm³/mol. The molecule has 0 aliphatic heterocycles. The maximum absolute atomic E-state index is 13.5. The van der Waals surface area contributed by atoms with Crippen molar-refractivity contribution in [1.29, 1.82) is 0 Å². The Hall–Kier alpha value is -2.63. The van der Waals surface area contributed by atoms with E-state index < -0.39 is 6.03 Å². The van der Waals surface area contributed by atoms with Crippen molar-refractivity contribution in [2.75, 3.05) is 5.32 Å². The highest BCUT2D eigenvalue weighted by Crippen LogP contribution is 2.16. The van der Waals surface area contributed by atoms with Crippen LogP contribution in [0.15, 0.2) is 41.3 Å². The average molecular weight is 303 g/mol. The van der Waals surface area contributed by atoms with E-state index in [4.69, 9.17) is 0 Å². The quantitative estimate of drug-likeness (QED) is 0.915. The van der Waals surface area contributed by atoms with E-state index >= 15 is 0 Å². The van der Waals surface area contributed by atoms with E-state index in [0.29, 0.717) is 11.1 Å². The normalized spacial score (nSPS) is 11.8. The number of halogens is 1. The average Bonchev–Trinajstić information content (AvgIpc) is 2.46. The molecule has 1 aromatic carbocycles. The van der Waals surface area contributed by atoms with Gasteiger partial charge in [-0.05, 0) is 43.2 Å². The fourth-order valence-corrected chi connectivity index (χ4v) is 2.01. The Bertz CT molecular complexity index is 755. The summed E-state index contributed by atoms with van der Waals surface area (Å²) in [6.45, 7) is 3.42. The van der Waals surface area contributed by atoms with Gasteiger partial charge in [0.05, 0.1) is 6.04 Å². The highest BCUT2D eigenvalue weighted by molar-refractivity contribution is 5.89. The molecule has 0 aliphatic rings. The summed E-state index contributed by atoms with van der Waals surface area (Å²) in [6, 6.07) is 7.09. The van der Waals surface area contributed by atoms with Crippen LogP contribution in [0.1, 0.15) is 24.1 Å². The summed E-state index contributed by atoms with van der Waals surface area (Å²) >= 11 is 0. The summed E-state index contributed by atoms with van der Waals surface area (Å²) in [5.41, 5.74) is 1.09. The number of urea groups is 1. The molecule has 2 aromatic rings. The molecule has 0 saturated heterocycles. The molecule has 0 saturated carbocycles. The van der Waals surface area contributed by atoms with Crippen LogP contribution in [0.3, 0.4) is 0 Å². The lowest BCUT2D eigenvalue weighted by Gasteiger charge is -2.15. The first-order valence-electron chi connectivity index (χ1n) is 6.87. The fraction of sp³-hybridized carbons (Fsp3) is 0.250. The number of benzene rings is 1. The highest BCUT2D eigenvalue weighted by Gasteiger charge is 2.12. The van der Waals surface area contributed by atoms with Gasteiger partial charge < -0.3 is 15.2 Å². The van der Waals surface area contributed by atoms with E-state index in [0.717, 1.165) is 0 Å². The van der Waals surface area contributed by atoms with Gasteiger partial charge in [-0.1, -0.05) is 12.1 Å². The van der Waals surface area contributed by atoms with E-state index in [9.17, 15) is 14.0 Å². The zero-order valence-corrected chi connectivity index (χ0v) is 12.7. The molecule has 116 valence electrons. The summed E-state index contributed by atoms with van der Waals surface area (Å²) in [5.74, 6) is -0.316. The first-order valence-corrected chi connectivity index (χ1v) is 6.87. The van der Waals surface area contributed by atoms with Gasteiger partial charge in [0.15, 0.2) is 0 Å². The topological polar surface area (TPSA) is 63.1 Å². The highest BCUT2D eigenvalue weighted by atomic mass is 19.1. The molecule has 6 heteroatoms. The van der Waals surface area contributed by atoms with Gasteiger partial charge >= 0.3 is 6.03 Å². The monoisotopic (exact) mass is 303 g/mol. The summed E-state index contributed by atoms with van der Waals surface area (Å²) in [5, 5.41) is 5.17. The summed E-state index contributed by atoms with van der Waals surface area (Å²) in [6.07, 6.45) is 1.60. The standard InChI is InChI=1S/C16H18FN3O2/c1-10-6-7-12(9-13(10)17)11(2)18-16(22)19-14-5-4-8-20(3)15(14)21/h4-9,11H,1-3H3,(H2,18,19,22)/t11-/m1/s1. The van der Waals surface area contributed by atoms with Crippen molar-refractivity contribution in [2.24, 2.45) is 7.05 Å². The lowest BCUT2D eigenvalue weighted by atomic mass is 10.1. The van der Waals surface area contributed by atoms with E-state index in [1.165, 1.54) is 16.7 Å². The Kier molecular flexibility index (Phi) is 4.60. The van der Waals surface area contributed by atoms with Gasteiger partial charge in [0.1, 0.15) is 11.5 Å². The number of hydrogen-bond acceptors (Lipinski definition) is 2. The van der Waals surface area contributed by atoms with Gasteiger partial charge in [-0.15, -0.1) is 0 Å². The van der Waals surface area contributed by atoms with E-state index in [-0.39, 0.29) is 23.1 Å². The zero-order chi connectivity index (χ0) is 16.3. The molecule has 0 aliphatic carbocycles. The lowest BCUT2D eigenvalue weighted by Crippen LogP contribution is -2.33. The van der Waals surface area contributed by atoms with E-state index in [2.05, 4.69) is 10.6 Å². The Labute approximate surface area is 127 Å². The van der Waals surface area contributed by atoms with Gasteiger partial charge in [-0.2, -0.15) is 0 Å². The number of rotatable bonds is 3. The Morgan fingerprint density at radius 2 is 2.05 bits per heavy atom. The third kappa shape index (κ3) is 3.52. The maximum Gasteiger partial charge on any atom is 0.319 e. The van der Waals surface area contributed by atoms with Crippen LogP contribution in [0, 0.1) is 12.7 Å². The van der Waals surface area contributed by atoms with E-state index in [1.807, 2.05) is 0 Å². The summed E-state index contributed by atoms with van der Waals surface area (Å²) in [4.78, 5) is 23.8. The second kappa shape index (κ2) is 6.43. The number of carbonyl (C=O) groups excluding carboxylic acids is 1. The number of hydrogen-bond donors (Lipinski definition) is 2. The molecule has 0 unspecified atom stereocenters. The third-order valence-electron chi connectivity index (χ3n) is 3.42. The fourth-order valence-electron chi connectivity index (χ4n) is 2.01. The van der Waals surface area contributed by atoms with Crippen LogP contribution < -0.4 is 16.2 Å². The Balaban J connectivity index is 2.06. The molecular weight excluding hydrogens is 285 g/mol. The first-order chi connectivity index (χ1) is 10.4. The number of pyridine rings is 1. The Morgan fingerprint density at radius 1 is 1.32 bits per heavy atom. The molecule has 0 spiro atoms. The molecule has 5 nitrogen and oxygen atoms in total. The van der Waals surface area contributed by atoms with Gasteiger partial charge in [-0.3, -0.25) is 4.79 Å². The van der Waals surface area contributed by atoms with Gasteiger partial charge in [-0.25, -0.2) is 9.18 Å². The largest absolute Gasteiger partial charge is 0.331 e. The second-order valence-corrected chi connectivity index (χ2v) is 5.17. The number of aryl methyl sites for hydroxylation is 2. The van der Waals surface area contributed by atoms with Crippen molar-refractivity contribution in [3.8, 4) is 0 Å². The minimum absolute atomic E-state index is 0.185. The smallest absolute Gasteiger partial charge is 0.319 e. The molecule has 0 radical (unpaired) electrons. The SMILES string of the molecule is Cc1ccc([C@@H](C)NC(=O)Nc2cccn(C)c2=O)cc1F. The van der Waals surface area contributed by atoms with Crippen molar-refractivity contribution < 1.29 is 9.18 Å². The lowest BCUT2D eigenvalue weighted by molar-refractivity contribution is 0.249. The molecule has 0 fully saturated rings. The molecule has 22 heavy (non-hydrogen) atoms. The number of aromatic nitrogens is 1. The number of carbonyl (C=O) groups is 1. The molecule has 1 aromatic heterocycles. The molecule has 1 heterocycles. The van der Waals surface area contributed by atoms with Gasteiger partial charge in [0, 0.05) is 13.2 Å². The van der Waals surface area contributed by atoms with Crippen molar-refractivity contribution >= 4 is 11.7 Å². The van der Waals surface area contributed by atoms with Gasteiger partial charge in [0.2, 0.25) is 0 Å². The van der Waals surface area contributed by atoms with Gasteiger partial charge in [0.25, 0.3) is 5.56 Å². The molecule has 2 rings (SSSR count). The van der Waals surface area contributed by atoms with Crippen LogP contribution in [0.25, 0.3) is 0 Å². The second-order valence-electron chi connectivity index (χ2n) is 5.17. The van der Waals surface area contributed by atoms with Crippen LogP contribution >= 0.6 is 0 Å². The Morgan fingerprint density at radius 3 is 2.73 bits per heavy atom. The van der Waals surface area contributed by atoms with E-state index in [1.54, 1.807) is 45.3 Å². The molecular formula is C16H18FN3O2. The molecule has 0 bridgehead atoms. The minimum atomic E-state index is -0.517. The molecule has 1 atom stereocenters. The molecule has 2 amide bonds. The number of nitrogens with zero attached hydrogens (tertiary/aromatic N) is 1. The van der Waals surface area contributed by atoms with Crippen LogP contribution in [0.2, 0.25) is 0 Å². The minimum Gasteiger partial charge on any atom is -0.331 e. The van der Waals surface area contributed by atoms with Crippen molar-refractivity contribution in [1.82, 2.24) is 9.88 Å². The predicted octanol–water partition coefficient (Wildman–Crippen LogP) is 2.72. The summed E-state index contributed by atoms with van der Waals surface area (Å²) < 4.78 is 14.9. The number of nitrogens with one attached hydrogen (secondary N) is 2. The van der Waals surface area contributed by atoms with Crippen LogP contribution in [-0.4, -0.2) is 10.6 Å². The van der Waals surface area contributed by atoms with Crippen LogP contribution in [0.4, 0.5) is 14.9 Å². The number of amides is 2. The zero-order valence-electron chi connectivity index (χ0n) is 12.7.